The van der Waals surface area contributed by atoms with Gasteiger partial charge in [0.05, 0.1) is 17.1 Å². The minimum Gasteiger partial charge on any atom is -0.247 e. The number of aromatic nitrogens is 3. The SMILES string of the molecule is Cc1ccc(-c2ccc(S(=O)(=O)N3CC(n4ccnn4)C3)cc2)cc1. The van der Waals surface area contributed by atoms with Gasteiger partial charge < -0.3 is 0 Å². The van der Waals surface area contributed by atoms with Crippen LogP contribution in [-0.4, -0.2) is 40.8 Å². The summed E-state index contributed by atoms with van der Waals surface area (Å²) in [5.74, 6) is 0. The lowest BCUT2D eigenvalue weighted by Crippen LogP contribution is -2.50. The molecule has 25 heavy (non-hydrogen) atoms. The van der Waals surface area contributed by atoms with Gasteiger partial charge in [0.1, 0.15) is 0 Å². The van der Waals surface area contributed by atoms with Crippen LogP contribution in [0.15, 0.2) is 65.8 Å². The van der Waals surface area contributed by atoms with E-state index in [0.29, 0.717) is 18.0 Å². The summed E-state index contributed by atoms with van der Waals surface area (Å²) < 4.78 is 28.6. The van der Waals surface area contributed by atoms with E-state index in [1.54, 1.807) is 29.2 Å². The molecule has 0 atom stereocenters. The Morgan fingerprint density at radius 2 is 1.56 bits per heavy atom. The maximum absolute atomic E-state index is 12.7. The number of hydrogen-bond donors (Lipinski definition) is 0. The molecule has 6 nitrogen and oxygen atoms in total. The largest absolute Gasteiger partial charge is 0.247 e. The Hall–Kier alpha value is -2.51. The third kappa shape index (κ3) is 2.96. The Morgan fingerprint density at radius 1 is 0.960 bits per heavy atom. The molecule has 0 saturated carbocycles. The number of nitrogens with zero attached hydrogens (tertiary/aromatic N) is 4. The van der Waals surface area contributed by atoms with E-state index in [1.165, 1.54) is 9.87 Å². The zero-order valence-electron chi connectivity index (χ0n) is 13.8. The minimum atomic E-state index is -3.46. The second-order valence-electron chi connectivity index (χ2n) is 6.25. The van der Waals surface area contributed by atoms with Gasteiger partial charge >= 0.3 is 0 Å². The summed E-state index contributed by atoms with van der Waals surface area (Å²) in [6, 6.07) is 15.3. The van der Waals surface area contributed by atoms with Gasteiger partial charge in [0, 0.05) is 19.3 Å². The molecular formula is C18H18N4O2S. The molecule has 7 heteroatoms. The fraction of sp³-hybridized carbons (Fsp3) is 0.222. The molecule has 0 amide bonds. The van der Waals surface area contributed by atoms with Crippen molar-refractivity contribution in [1.82, 2.24) is 19.3 Å². The van der Waals surface area contributed by atoms with E-state index in [4.69, 9.17) is 0 Å². The summed E-state index contributed by atoms with van der Waals surface area (Å²) in [6.45, 7) is 2.88. The molecular weight excluding hydrogens is 336 g/mol. The molecule has 1 aliphatic heterocycles. The van der Waals surface area contributed by atoms with Gasteiger partial charge in [-0.3, -0.25) is 0 Å². The number of rotatable bonds is 4. The van der Waals surface area contributed by atoms with Gasteiger partial charge in [0.2, 0.25) is 10.0 Å². The number of sulfonamides is 1. The summed E-state index contributed by atoms with van der Waals surface area (Å²) in [5, 5.41) is 7.68. The van der Waals surface area contributed by atoms with Gasteiger partial charge in [-0.15, -0.1) is 5.10 Å². The number of benzene rings is 2. The van der Waals surface area contributed by atoms with Gasteiger partial charge in [-0.05, 0) is 30.2 Å². The molecule has 1 aliphatic rings. The Bertz CT molecular complexity index is 959. The molecule has 1 fully saturated rings. The third-order valence-electron chi connectivity index (χ3n) is 4.52. The van der Waals surface area contributed by atoms with Crippen molar-refractivity contribution >= 4 is 10.0 Å². The first-order chi connectivity index (χ1) is 12.0. The first-order valence-corrected chi connectivity index (χ1v) is 9.51. The monoisotopic (exact) mass is 354 g/mol. The average Bonchev–Trinajstić information content (AvgIpc) is 3.08. The topological polar surface area (TPSA) is 68.1 Å². The normalized spacial score (nSPS) is 15.9. The second kappa shape index (κ2) is 6.09. The van der Waals surface area contributed by atoms with Crippen LogP contribution < -0.4 is 0 Å². The molecule has 0 N–H and O–H groups in total. The molecule has 0 unspecified atom stereocenters. The third-order valence-corrected chi connectivity index (χ3v) is 6.37. The lowest BCUT2D eigenvalue weighted by molar-refractivity contribution is 0.189. The molecule has 128 valence electrons. The molecule has 0 radical (unpaired) electrons. The van der Waals surface area contributed by atoms with Crippen molar-refractivity contribution in [2.75, 3.05) is 13.1 Å². The van der Waals surface area contributed by atoms with Crippen molar-refractivity contribution in [3.63, 3.8) is 0 Å². The summed E-state index contributed by atoms with van der Waals surface area (Å²) >= 11 is 0. The molecule has 1 saturated heterocycles. The van der Waals surface area contributed by atoms with Gasteiger partial charge in [-0.1, -0.05) is 47.2 Å². The summed E-state index contributed by atoms with van der Waals surface area (Å²) in [7, 11) is -3.46. The first kappa shape index (κ1) is 16.0. The highest BCUT2D eigenvalue weighted by Crippen LogP contribution is 2.29. The average molecular weight is 354 g/mol. The highest BCUT2D eigenvalue weighted by Gasteiger charge is 2.38. The van der Waals surface area contributed by atoms with Crippen LogP contribution in [0.1, 0.15) is 11.6 Å². The maximum atomic E-state index is 12.7. The van der Waals surface area contributed by atoms with Crippen molar-refractivity contribution in [1.29, 1.82) is 0 Å². The van der Waals surface area contributed by atoms with E-state index < -0.39 is 10.0 Å². The van der Waals surface area contributed by atoms with Crippen LogP contribution in [0.5, 0.6) is 0 Å². The summed E-state index contributed by atoms with van der Waals surface area (Å²) in [4.78, 5) is 0.320. The van der Waals surface area contributed by atoms with Crippen LogP contribution in [0.2, 0.25) is 0 Å². The van der Waals surface area contributed by atoms with E-state index in [0.717, 1.165) is 11.1 Å². The predicted molar refractivity (Wildman–Crippen MR) is 94.4 cm³/mol. The van der Waals surface area contributed by atoms with Gasteiger partial charge in [-0.2, -0.15) is 4.31 Å². The van der Waals surface area contributed by atoms with E-state index in [2.05, 4.69) is 10.3 Å². The first-order valence-electron chi connectivity index (χ1n) is 8.07. The van der Waals surface area contributed by atoms with Crippen LogP contribution in [0.25, 0.3) is 11.1 Å². The van der Waals surface area contributed by atoms with Crippen molar-refractivity contribution in [2.45, 2.75) is 17.9 Å². The Kier molecular flexibility index (Phi) is 3.89. The Morgan fingerprint density at radius 3 is 2.12 bits per heavy atom. The zero-order chi connectivity index (χ0) is 17.4. The van der Waals surface area contributed by atoms with Crippen molar-refractivity contribution in [3.8, 4) is 11.1 Å². The predicted octanol–water partition coefficient (Wildman–Crippen LogP) is 2.50. The van der Waals surface area contributed by atoms with Crippen molar-refractivity contribution in [2.24, 2.45) is 0 Å². The minimum absolute atomic E-state index is 0.0594. The highest BCUT2D eigenvalue weighted by atomic mass is 32.2. The lowest BCUT2D eigenvalue weighted by Gasteiger charge is -2.37. The second-order valence-corrected chi connectivity index (χ2v) is 8.19. The summed E-state index contributed by atoms with van der Waals surface area (Å²) in [6.07, 6.45) is 3.35. The number of hydrogen-bond acceptors (Lipinski definition) is 4. The van der Waals surface area contributed by atoms with Gasteiger partial charge in [0.15, 0.2) is 0 Å². The standard InChI is InChI=1S/C18H18N4O2S/c1-14-2-4-15(5-3-14)16-6-8-18(9-7-16)25(23,24)21-12-17(13-21)22-11-10-19-20-22/h2-11,17H,12-13H2,1H3. The van der Waals surface area contributed by atoms with Gasteiger partial charge in [0.25, 0.3) is 0 Å². The van der Waals surface area contributed by atoms with Crippen LogP contribution in [-0.2, 0) is 10.0 Å². The van der Waals surface area contributed by atoms with E-state index in [1.807, 2.05) is 43.3 Å². The molecule has 0 aliphatic carbocycles. The Balaban J connectivity index is 1.50. The molecule has 4 rings (SSSR count). The van der Waals surface area contributed by atoms with Crippen molar-refractivity contribution in [3.05, 3.63) is 66.5 Å². The van der Waals surface area contributed by atoms with Crippen LogP contribution in [0.4, 0.5) is 0 Å². The van der Waals surface area contributed by atoms with E-state index in [9.17, 15) is 8.42 Å². The lowest BCUT2D eigenvalue weighted by atomic mass is 10.0. The summed E-state index contributed by atoms with van der Waals surface area (Å²) in [5.41, 5.74) is 3.27. The molecule has 0 spiro atoms. The Labute approximate surface area is 146 Å². The highest BCUT2D eigenvalue weighted by molar-refractivity contribution is 7.89. The molecule has 3 aromatic rings. The molecule has 1 aromatic heterocycles. The molecule has 0 bridgehead atoms. The fourth-order valence-corrected chi connectivity index (χ4v) is 4.42. The quantitative estimate of drug-likeness (QED) is 0.722. The smallest absolute Gasteiger partial charge is 0.243 e. The molecule has 2 aromatic carbocycles. The van der Waals surface area contributed by atoms with Crippen LogP contribution >= 0.6 is 0 Å². The van der Waals surface area contributed by atoms with E-state index >= 15 is 0 Å². The number of aryl methyl sites for hydroxylation is 1. The van der Waals surface area contributed by atoms with Crippen molar-refractivity contribution < 1.29 is 8.42 Å². The van der Waals surface area contributed by atoms with Crippen LogP contribution in [0, 0.1) is 6.92 Å². The molecule has 2 heterocycles. The van der Waals surface area contributed by atoms with Crippen LogP contribution in [0.3, 0.4) is 0 Å². The van der Waals surface area contributed by atoms with Gasteiger partial charge in [-0.25, -0.2) is 13.1 Å². The maximum Gasteiger partial charge on any atom is 0.243 e. The van der Waals surface area contributed by atoms with E-state index in [-0.39, 0.29) is 6.04 Å². The zero-order valence-corrected chi connectivity index (χ0v) is 14.6. The fourth-order valence-electron chi connectivity index (χ4n) is 2.91.